The highest BCUT2D eigenvalue weighted by Crippen LogP contribution is 2.26. The van der Waals surface area contributed by atoms with Gasteiger partial charge in [0, 0.05) is 0 Å². The molecule has 1 unspecified atom stereocenters. The maximum absolute atomic E-state index is 12.9. The van der Waals surface area contributed by atoms with Crippen molar-refractivity contribution in [2.24, 2.45) is 0 Å². The minimum Gasteiger partial charge on any atom is -0.506 e. The van der Waals surface area contributed by atoms with Gasteiger partial charge in [0.2, 0.25) is 0 Å². The molecule has 1 atom stereocenters. The van der Waals surface area contributed by atoms with E-state index in [1.54, 1.807) is 6.07 Å². The van der Waals surface area contributed by atoms with E-state index >= 15 is 0 Å². The number of aromatic hydroxyl groups is 1. The van der Waals surface area contributed by atoms with Crippen LogP contribution >= 0.6 is 0 Å². The fourth-order valence-corrected chi connectivity index (χ4v) is 2.01. The molecule has 104 valence electrons. The monoisotopic (exact) mass is 275 g/mol. The molecular weight excluding hydrogens is 261 g/mol. The largest absolute Gasteiger partial charge is 0.506 e. The highest BCUT2D eigenvalue weighted by atomic mass is 19.1. The minimum absolute atomic E-state index is 0.0394. The first-order valence-corrected chi connectivity index (χ1v) is 6.03. The van der Waals surface area contributed by atoms with E-state index in [-0.39, 0.29) is 17.9 Å². The van der Waals surface area contributed by atoms with Gasteiger partial charge in [-0.05, 0) is 41.8 Å². The SMILES string of the molecule is Nc1cc(CC(C(=O)O)c2ccc(F)cc2)ccc1O. The van der Waals surface area contributed by atoms with Crippen LogP contribution in [0.15, 0.2) is 42.5 Å². The van der Waals surface area contributed by atoms with E-state index in [4.69, 9.17) is 5.73 Å². The Kier molecular flexibility index (Phi) is 3.89. The van der Waals surface area contributed by atoms with Crippen molar-refractivity contribution >= 4 is 11.7 Å². The van der Waals surface area contributed by atoms with Crippen molar-refractivity contribution < 1.29 is 19.4 Å². The van der Waals surface area contributed by atoms with Crippen LogP contribution in [-0.2, 0) is 11.2 Å². The molecule has 5 heteroatoms. The van der Waals surface area contributed by atoms with Crippen LogP contribution in [0.1, 0.15) is 17.0 Å². The molecule has 0 radical (unpaired) electrons. The summed E-state index contributed by atoms with van der Waals surface area (Å²) >= 11 is 0. The number of aliphatic carboxylic acids is 1. The van der Waals surface area contributed by atoms with Gasteiger partial charge in [-0.1, -0.05) is 18.2 Å². The molecule has 0 fully saturated rings. The molecule has 0 spiro atoms. The lowest BCUT2D eigenvalue weighted by molar-refractivity contribution is -0.138. The van der Waals surface area contributed by atoms with Crippen LogP contribution in [0, 0.1) is 5.82 Å². The number of phenols is 1. The van der Waals surface area contributed by atoms with Crippen molar-refractivity contribution in [2.75, 3.05) is 5.73 Å². The Bertz CT molecular complexity index is 626. The number of anilines is 1. The summed E-state index contributed by atoms with van der Waals surface area (Å²) < 4.78 is 12.9. The van der Waals surface area contributed by atoms with Crippen molar-refractivity contribution in [3.05, 3.63) is 59.4 Å². The molecule has 2 aromatic rings. The summed E-state index contributed by atoms with van der Waals surface area (Å²) in [4.78, 5) is 11.4. The minimum atomic E-state index is -0.997. The Morgan fingerprint density at radius 2 is 1.85 bits per heavy atom. The summed E-state index contributed by atoms with van der Waals surface area (Å²) in [5, 5.41) is 18.7. The van der Waals surface area contributed by atoms with E-state index < -0.39 is 17.7 Å². The Hall–Kier alpha value is -2.56. The third-order valence-electron chi connectivity index (χ3n) is 3.10. The second kappa shape index (κ2) is 5.61. The van der Waals surface area contributed by atoms with Gasteiger partial charge in [0.1, 0.15) is 11.6 Å². The zero-order chi connectivity index (χ0) is 14.7. The molecule has 4 nitrogen and oxygen atoms in total. The number of carboxylic acids is 1. The maximum atomic E-state index is 12.9. The van der Waals surface area contributed by atoms with Gasteiger partial charge in [-0.25, -0.2) is 4.39 Å². The lowest BCUT2D eigenvalue weighted by atomic mass is 9.92. The molecular formula is C15H14FNO3. The van der Waals surface area contributed by atoms with Gasteiger partial charge in [0.05, 0.1) is 11.6 Å². The third kappa shape index (κ3) is 3.06. The zero-order valence-corrected chi connectivity index (χ0v) is 10.6. The molecule has 0 amide bonds. The number of nitrogen functional groups attached to an aromatic ring is 1. The lowest BCUT2D eigenvalue weighted by Crippen LogP contribution is -2.14. The number of hydrogen-bond acceptors (Lipinski definition) is 3. The highest BCUT2D eigenvalue weighted by Gasteiger charge is 2.20. The van der Waals surface area contributed by atoms with E-state index in [9.17, 15) is 19.4 Å². The summed E-state index contributed by atoms with van der Waals surface area (Å²) in [5.41, 5.74) is 6.99. The van der Waals surface area contributed by atoms with Crippen LogP contribution in [0.25, 0.3) is 0 Å². The Morgan fingerprint density at radius 3 is 2.40 bits per heavy atom. The number of carboxylic acid groups (broad SMARTS) is 1. The summed E-state index contributed by atoms with van der Waals surface area (Å²) in [6.45, 7) is 0. The lowest BCUT2D eigenvalue weighted by Gasteiger charge is -2.13. The number of phenolic OH excluding ortho intramolecular Hbond substituents is 1. The van der Waals surface area contributed by atoms with E-state index in [0.29, 0.717) is 11.1 Å². The van der Waals surface area contributed by atoms with E-state index in [0.717, 1.165) is 0 Å². The first-order valence-electron chi connectivity index (χ1n) is 6.03. The number of halogens is 1. The van der Waals surface area contributed by atoms with E-state index in [1.807, 2.05) is 0 Å². The van der Waals surface area contributed by atoms with Crippen LogP contribution in [0.3, 0.4) is 0 Å². The van der Waals surface area contributed by atoms with Crippen LogP contribution in [0.5, 0.6) is 5.75 Å². The second-order valence-electron chi connectivity index (χ2n) is 4.54. The third-order valence-corrected chi connectivity index (χ3v) is 3.10. The van der Waals surface area contributed by atoms with Gasteiger partial charge in [0.25, 0.3) is 0 Å². The fourth-order valence-electron chi connectivity index (χ4n) is 2.01. The van der Waals surface area contributed by atoms with Crippen molar-refractivity contribution in [3.8, 4) is 5.75 Å². The van der Waals surface area contributed by atoms with Crippen molar-refractivity contribution in [2.45, 2.75) is 12.3 Å². The second-order valence-corrected chi connectivity index (χ2v) is 4.54. The Labute approximate surface area is 115 Å². The number of nitrogens with two attached hydrogens (primary N) is 1. The molecule has 0 aromatic heterocycles. The summed E-state index contributed by atoms with van der Waals surface area (Å²) in [6.07, 6.45) is 0.214. The van der Waals surface area contributed by atoms with Gasteiger partial charge in [-0.15, -0.1) is 0 Å². The molecule has 0 aliphatic carbocycles. The van der Waals surface area contributed by atoms with Crippen LogP contribution in [0.4, 0.5) is 10.1 Å². The van der Waals surface area contributed by atoms with Gasteiger partial charge in [-0.2, -0.15) is 0 Å². The molecule has 0 bridgehead atoms. The average Bonchev–Trinajstić information content (AvgIpc) is 2.41. The highest BCUT2D eigenvalue weighted by molar-refractivity contribution is 5.76. The first kappa shape index (κ1) is 13.9. The fraction of sp³-hybridized carbons (Fsp3) is 0.133. The molecule has 4 N–H and O–H groups in total. The van der Waals surface area contributed by atoms with Gasteiger partial charge in [0.15, 0.2) is 0 Å². The van der Waals surface area contributed by atoms with Gasteiger partial charge < -0.3 is 15.9 Å². The molecule has 0 saturated carbocycles. The smallest absolute Gasteiger partial charge is 0.311 e. The first-order chi connectivity index (χ1) is 9.47. The molecule has 2 aromatic carbocycles. The predicted molar refractivity (Wildman–Crippen MR) is 73.0 cm³/mol. The Balaban J connectivity index is 2.27. The standard InChI is InChI=1S/C15H14FNO3/c16-11-4-2-10(3-5-11)12(15(19)20)7-9-1-6-14(18)13(17)8-9/h1-6,8,12,18H,7,17H2,(H,19,20). The number of rotatable bonds is 4. The average molecular weight is 275 g/mol. The molecule has 0 saturated heterocycles. The number of benzene rings is 2. The molecule has 0 heterocycles. The zero-order valence-electron chi connectivity index (χ0n) is 10.6. The Morgan fingerprint density at radius 1 is 1.20 bits per heavy atom. The normalized spacial score (nSPS) is 12.1. The molecule has 0 aliphatic heterocycles. The van der Waals surface area contributed by atoms with Gasteiger partial charge >= 0.3 is 5.97 Å². The number of carbonyl (C=O) groups is 1. The molecule has 0 aliphatic rings. The maximum Gasteiger partial charge on any atom is 0.311 e. The van der Waals surface area contributed by atoms with Crippen molar-refractivity contribution in [1.29, 1.82) is 0 Å². The molecule has 20 heavy (non-hydrogen) atoms. The molecule has 2 rings (SSSR count). The van der Waals surface area contributed by atoms with Crippen molar-refractivity contribution in [3.63, 3.8) is 0 Å². The topological polar surface area (TPSA) is 83.6 Å². The van der Waals surface area contributed by atoms with Crippen molar-refractivity contribution in [1.82, 2.24) is 0 Å². The summed E-state index contributed by atoms with van der Waals surface area (Å²) in [6, 6.07) is 9.96. The van der Waals surface area contributed by atoms with E-state index in [1.165, 1.54) is 36.4 Å². The van der Waals surface area contributed by atoms with Crippen LogP contribution < -0.4 is 5.73 Å². The quantitative estimate of drug-likeness (QED) is 0.591. The van der Waals surface area contributed by atoms with E-state index in [2.05, 4.69) is 0 Å². The summed E-state index contributed by atoms with van der Waals surface area (Å²) in [5.74, 6) is -2.24. The summed E-state index contributed by atoms with van der Waals surface area (Å²) in [7, 11) is 0. The van der Waals surface area contributed by atoms with Crippen LogP contribution in [-0.4, -0.2) is 16.2 Å². The van der Waals surface area contributed by atoms with Gasteiger partial charge in [-0.3, -0.25) is 4.79 Å². The predicted octanol–water partition coefficient (Wildman–Crippen LogP) is 2.52. The number of hydrogen-bond donors (Lipinski definition) is 3. The van der Waals surface area contributed by atoms with Crippen LogP contribution in [0.2, 0.25) is 0 Å².